The van der Waals surface area contributed by atoms with Crippen molar-refractivity contribution in [3.05, 3.63) is 95.3 Å². The van der Waals surface area contributed by atoms with Crippen molar-refractivity contribution in [3.63, 3.8) is 0 Å². The zero-order chi connectivity index (χ0) is 19.8. The summed E-state index contributed by atoms with van der Waals surface area (Å²) in [5.41, 5.74) is 1.80. The van der Waals surface area contributed by atoms with E-state index in [2.05, 4.69) is 20.6 Å². The molecule has 0 aliphatic heterocycles. The molecule has 0 unspecified atom stereocenters. The summed E-state index contributed by atoms with van der Waals surface area (Å²) in [4.78, 5) is 32.7. The van der Waals surface area contributed by atoms with Crippen LogP contribution in [0, 0.1) is 5.82 Å². The van der Waals surface area contributed by atoms with Gasteiger partial charge in [-0.3, -0.25) is 19.6 Å². The number of rotatable bonds is 7. The third kappa shape index (κ3) is 5.20. The number of hydrogen-bond acceptors (Lipinski definition) is 4. The standard InChI is InChI=1S/C21H19FN4O2/c22-19-7-2-1-5-15(19)8-10-25-20(27)16-11-17(13-23-12-16)21(28)26-14-18-6-3-4-9-24-18/h1-7,9,11-13H,8,10,14H2,(H,25,27)(H,26,28). The molecular formula is C21H19FN4O2. The van der Waals surface area contributed by atoms with Crippen molar-refractivity contribution in [2.75, 3.05) is 6.54 Å². The smallest absolute Gasteiger partial charge is 0.253 e. The van der Waals surface area contributed by atoms with Crippen molar-refractivity contribution in [3.8, 4) is 0 Å². The van der Waals surface area contributed by atoms with Crippen LogP contribution in [0.15, 0.2) is 67.1 Å². The van der Waals surface area contributed by atoms with Crippen molar-refractivity contribution < 1.29 is 14.0 Å². The van der Waals surface area contributed by atoms with Gasteiger partial charge in [-0.1, -0.05) is 24.3 Å². The number of hydrogen-bond donors (Lipinski definition) is 2. The van der Waals surface area contributed by atoms with Gasteiger partial charge in [0.05, 0.1) is 23.4 Å². The highest BCUT2D eigenvalue weighted by Gasteiger charge is 2.11. The monoisotopic (exact) mass is 378 g/mol. The van der Waals surface area contributed by atoms with Crippen LogP contribution in [-0.2, 0) is 13.0 Å². The number of carbonyl (C=O) groups excluding carboxylic acids is 2. The number of halogens is 1. The van der Waals surface area contributed by atoms with Crippen molar-refractivity contribution in [1.82, 2.24) is 20.6 Å². The van der Waals surface area contributed by atoms with Gasteiger partial charge in [0, 0.05) is 25.1 Å². The van der Waals surface area contributed by atoms with E-state index in [1.54, 1.807) is 36.5 Å². The Balaban J connectivity index is 1.55. The van der Waals surface area contributed by atoms with Crippen LogP contribution in [-0.4, -0.2) is 28.3 Å². The maximum Gasteiger partial charge on any atom is 0.253 e. The lowest BCUT2D eigenvalue weighted by molar-refractivity contribution is 0.0950. The lowest BCUT2D eigenvalue weighted by Gasteiger charge is -2.08. The molecule has 0 saturated heterocycles. The second kappa shape index (κ2) is 9.36. The Morgan fingerprint density at radius 3 is 2.36 bits per heavy atom. The van der Waals surface area contributed by atoms with E-state index in [9.17, 15) is 14.0 Å². The van der Waals surface area contributed by atoms with Gasteiger partial charge in [-0.25, -0.2) is 4.39 Å². The molecule has 0 atom stereocenters. The molecular weight excluding hydrogens is 359 g/mol. The van der Waals surface area contributed by atoms with Gasteiger partial charge in [-0.15, -0.1) is 0 Å². The first kappa shape index (κ1) is 19.2. The number of benzene rings is 1. The minimum Gasteiger partial charge on any atom is -0.352 e. The molecule has 0 aliphatic rings. The lowest BCUT2D eigenvalue weighted by Crippen LogP contribution is -2.27. The molecule has 2 aromatic heterocycles. The third-order valence-corrected chi connectivity index (χ3v) is 4.06. The van der Waals surface area contributed by atoms with Crippen LogP contribution < -0.4 is 10.6 Å². The van der Waals surface area contributed by atoms with E-state index in [4.69, 9.17) is 0 Å². The molecule has 28 heavy (non-hydrogen) atoms. The molecule has 0 spiro atoms. The predicted octanol–water partition coefficient (Wildman–Crippen LogP) is 2.52. The highest BCUT2D eigenvalue weighted by Crippen LogP contribution is 2.07. The Bertz CT molecular complexity index is 963. The van der Waals surface area contributed by atoms with Gasteiger partial charge in [0.25, 0.3) is 11.8 Å². The number of nitrogens with one attached hydrogen (secondary N) is 2. The first-order valence-corrected chi connectivity index (χ1v) is 8.78. The number of nitrogens with zero attached hydrogens (tertiary/aromatic N) is 2. The Hall–Kier alpha value is -3.61. The molecule has 0 radical (unpaired) electrons. The van der Waals surface area contributed by atoms with E-state index in [0.717, 1.165) is 5.69 Å². The zero-order valence-corrected chi connectivity index (χ0v) is 15.1. The van der Waals surface area contributed by atoms with Crippen LogP contribution in [0.1, 0.15) is 32.0 Å². The summed E-state index contributed by atoms with van der Waals surface area (Å²) in [6.07, 6.45) is 4.79. The number of pyridine rings is 2. The molecule has 6 nitrogen and oxygen atoms in total. The summed E-state index contributed by atoms with van der Waals surface area (Å²) < 4.78 is 13.6. The Kier molecular flexibility index (Phi) is 6.41. The van der Waals surface area contributed by atoms with Gasteiger partial charge in [0.15, 0.2) is 0 Å². The highest BCUT2D eigenvalue weighted by atomic mass is 19.1. The molecule has 0 fully saturated rings. The van der Waals surface area contributed by atoms with Gasteiger partial charge >= 0.3 is 0 Å². The SMILES string of the molecule is O=C(NCCc1ccccc1F)c1cncc(C(=O)NCc2ccccn2)c1. The predicted molar refractivity (Wildman–Crippen MR) is 102 cm³/mol. The summed E-state index contributed by atoms with van der Waals surface area (Å²) in [7, 11) is 0. The molecule has 3 aromatic rings. The molecule has 0 aliphatic carbocycles. The summed E-state index contributed by atoms with van der Waals surface area (Å²) in [6, 6.07) is 13.3. The molecule has 2 amide bonds. The first-order valence-electron chi connectivity index (χ1n) is 8.78. The molecule has 7 heteroatoms. The molecule has 3 rings (SSSR count). The number of aromatic nitrogens is 2. The van der Waals surface area contributed by atoms with Crippen LogP contribution >= 0.6 is 0 Å². The summed E-state index contributed by atoms with van der Waals surface area (Å²) in [5, 5.41) is 5.45. The minimum atomic E-state index is -0.372. The maximum atomic E-state index is 13.6. The second-order valence-electron chi connectivity index (χ2n) is 6.06. The quantitative estimate of drug-likeness (QED) is 0.662. The van der Waals surface area contributed by atoms with Crippen molar-refractivity contribution in [1.29, 1.82) is 0 Å². The van der Waals surface area contributed by atoms with Crippen molar-refractivity contribution in [2.24, 2.45) is 0 Å². The summed E-state index contributed by atoms with van der Waals surface area (Å²) in [5.74, 6) is -1.02. The van der Waals surface area contributed by atoms with Crippen LogP contribution in [0.2, 0.25) is 0 Å². The summed E-state index contributed by atoms with van der Waals surface area (Å²) >= 11 is 0. The number of carbonyl (C=O) groups is 2. The van der Waals surface area contributed by atoms with E-state index in [1.165, 1.54) is 24.5 Å². The lowest BCUT2D eigenvalue weighted by atomic mass is 10.1. The Morgan fingerprint density at radius 1 is 0.929 bits per heavy atom. The molecule has 2 N–H and O–H groups in total. The molecule has 142 valence electrons. The van der Waals surface area contributed by atoms with Gasteiger partial charge in [0.2, 0.25) is 0 Å². The highest BCUT2D eigenvalue weighted by molar-refractivity contribution is 5.99. The maximum absolute atomic E-state index is 13.6. The fourth-order valence-corrected chi connectivity index (χ4v) is 2.58. The molecule has 2 heterocycles. The fraction of sp³-hybridized carbons (Fsp3) is 0.143. The van der Waals surface area contributed by atoms with Crippen molar-refractivity contribution in [2.45, 2.75) is 13.0 Å². The van der Waals surface area contributed by atoms with E-state index >= 15 is 0 Å². The number of amides is 2. The van der Waals surface area contributed by atoms with Crippen molar-refractivity contribution >= 4 is 11.8 Å². The summed E-state index contributed by atoms with van der Waals surface area (Å²) in [6.45, 7) is 0.550. The van der Waals surface area contributed by atoms with Crippen LogP contribution in [0.25, 0.3) is 0 Å². The van der Waals surface area contributed by atoms with E-state index in [-0.39, 0.29) is 41.8 Å². The van der Waals surface area contributed by atoms with E-state index in [0.29, 0.717) is 12.0 Å². The fourth-order valence-electron chi connectivity index (χ4n) is 2.58. The van der Waals surface area contributed by atoms with Crippen LogP contribution in [0.5, 0.6) is 0 Å². The van der Waals surface area contributed by atoms with Crippen LogP contribution in [0.3, 0.4) is 0 Å². The molecule has 0 saturated carbocycles. The Morgan fingerprint density at radius 2 is 1.64 bits per heavy atom. The van der Waals surface area contributed by atoms with Gasteiger partial charge in [-0.05, 0) is 36.2 Å². The molecule has 0 bridgehead atoms. The minimum absolute atomic E-state index is 0.263. The molecule has 1 aromatic carbocycles. The van der Waals surface area contributed by atoms with Gasteiger partial charge in [0.1, 0.15) is 5.82 Å². The Labute approximate surface area is 161 Å². The zero-order valence-electron chi connectivity index (χ0n) is 15.1. The average Bonchev–Trinajstić information content (AvgIpc) is 2.74. The van der Waals surface area contributed by atoms with Crippen LogP contribution in [0.4, 0.5) is 4.39 Å². The topological polar surface area (TPSA) is 84.0 Å². The largest absolute Gasteiger partial charge is 0.352 e. The van der Waals surface area contributed by atoms with Gasteiger partial charge in [-0.2, -0.15) is 0 Å². The second-order valence-corrected chi connectivity index (χ2v) is 6.06. The normalized spacial score (nSPS) is 10.3. The van der Waals surface area contributed by atoms with E-state index < -0.39 is 0 Å². The van der Waals surface area contributed by atoms with E-state index in [1.807, 2.05) is 6.07 Å². The van der Waals surface area contributed by atoms with Gasteiger partial charge < -0.3 is 10.6 Å². The third-order valence-electron chi connectivity index (χ3n) is 4.06. The first-order chi connectivity index (χ1) is 13.6. The average molecular weight is 378 g/mol.